The van der Waals surface area contributed by atoms with Gasteiger partial charge in [0, 0.05) is 12.1 Å². The Morgan fingerprint density at radius 3 is 1.90 bits per heavy atom. The van der Waals surface area contributed by atoms with Crippen molar-refractivity contribution in [3.63, 3.8) is 0 Å². The van der Waals surface area contributed by atoms with Crippen molar-refractivity contribution in [2.24, 2.45) is 0 Å². The molecule has 0 aliphatic carbocycles. The standard InChI is InChI=1S/C6H3F3N/c7-3-1-5(9)6(10)2-4(3)8/h1-2,10H. The number of nitrogens with one attached hydrogen (secondary N) is 1. The first kappa shape index (κ1) is 6.92. The fraction of sp³-hybridized carbons (Fsp3) is 0. The molecule has 1 nitrogen and oxygen atoms in total. The van der Waals surface area contributed by atoms with Gasteiger partial charge in [0.1, 0.15) is 0 Å². The maximum absolute atomic E-state index is 12.2. The highest BCUT2D eigenvalue weighted by atomic mass is 19.2. The van der Waals surface area contributed by atoms with Crippen molar-refractivity contribution in [2.75, 3.05) is 0 Å². The van der Waals surface area contributed by atoms with E-state index in [9.17, 15) is 13.2 Å². The molecule has 0 aromatic heterocycles. The Hall–Kier alpha value is -1.19. The van der Waals surface area contributed by atoms with E-state index in [1.54, 1.807) is 0 Å². The first-order chi connectivity index (χ1) is 4.61. The van der Waals surface area contributed by atoms with E-state index >= 15 is 0 Å². The van der Waals surface area contributed by atoms with Crippen LogP contribution in [0.4, 0.5) is 18.9 Å². The van der Waals surface area contributed by atoms with Crippen molar-refractivity contribution < 1.29 is 13.2 Å². The minimum absolute atomic E-state index is 0.345. The largest absolute Gasteiger partial charge is 0.298 e. The van der Waals surface area contributed by atoms with Crippen LogP contribution in [0.15, 0.2) is 12.1 Å². The topological polar surface area (TPSA) is 23.8 Å². The van der Waals surface area contributed by atoms with Gasteiger partial charge in [-0.05, 0) is 0 Å². The van der Waals surface area contributed by atoms with Gasteiger partial charge < -0.3 is 0 Å². The van der Waals surface area contributed by atoms with Crippen LogP contribution in [0.1, 0.15) is 0 Å². The lowest BCUT2D eigenvalue weighted by molar-refractivity contribution is 0.495. The molecule has 0 amide bonds. The summed E-state index contributed by atoms with van der Waals surface area (Å²) in [5.41, 5.74) is 6.04. The van der Waals surface area contributed by atoms with E-state index in [2.05, 4.69) is 0 Å². The summed E-state index contributed by atoms with van der Waals surface area (Å²) in [4.78, 5) is 0. The summed E-state index contributed by atoms with van der Waals surface area (Å²) in [6.07, 6.45) is 0. The van der Waals surface area contributed by atoms with Crippen molar-refractivity contribution in [3.05, 3.63) is 29.6 Å². The molecule has 0 unspecified atom stereocenters. The lowest BCUT2D eigenvalue weighted by Gasteiger charge is -1.94. The summed E-state index contributed by atoms with van der Waals surface area (Å²) >= 11 is 0. The summed E-state index contributed by atoms with van der Waals surface area (Å²) < 4.78 is 36.3. The number of hydrogen-bond acceptors (Lipinski definition) is 0. The van der Waals surface area contributed by atoms with E-state index in [1.807, 2.05) is 0 Å². The molecule has 1 radical (unpaired) electrons. The molecule has 0 fully saturated rings. The first-order valence-corrected chi connectivity index (χ1v) is 2.47. The second-order valence-electron chi connectivity index (χ2n) is 1.75. The third-order valence-corrected chi connectivity index (χ3v) is 1.01. The van der Waals surface area contributed by atoms with Gasteiger partial charge in [-0.1, -0.05) is 0 Å². The maximum atomic E-state index is 12.2. The van der Waals surface area contributed by atoms with Crippen LogP contribution in [-0.2, 0) is 0 Å². The summed E-state index contributed by atoms with van der Waals surface area (Å²) in [6.45, 7) is 0. The van der Waals surface area contributed by atoms with Crippen LogP contribution in [0.25, 0.3) is 0 Å². The van der Waals surface area contributed by atoms with Gasteiger partial charge in [-0.15, -0.1) is 0 Å². The monoisotopic (exact) mass is 146 g/mol. The van der Waals surface area contributed by atoms with Gasteiger partial charge in [0.2, 0.25) is 0 Å². The second-order valence-corrected chi connectivity index (χ2v) is 1.75. The maximum Gasteiger partial charge on any atom is 0.161 e. The molecule has 1 aromatic rings. The van der Waals surface area contributed by atoms with Crippen LogP contribution in [-0.4, -0.2) is 0 Å². The molecule has 0 aliphatic heterocycles. The Morgan fingerprint density at radius 1 is 0.900 bits per heavy atom. The van der Waals surface area contributed by atoms with E-state index in [1.165, 1.54) is 0 Å². The van der Waals surface area contributed by atoms with Crippen molar-refractivity contribution in [1.29, 1.82) is 0 Å². The molecule has 10 heavy (non-hydrogen) atoms. The van der Waals surface area contributed by atoms with Gasteiger partial charge in [0.15, 0.2) is 17.5 Å². The molecule has 0 atom stereocenters. The highest BCUT2D eigenvalue weighted by Crippen LogP contribution is 2.15. The third kappa shape index (κ3) is 1.05. The van der Waals surface area contributed by atoms with E-state index < -0.39 is 23.1 Å². The zero-order valence-electron chi connectivity index (χ0n) is 4.79. The van der Waals surface area contributed by atoms with Gasteiger partial charge in [0.25, 0.3) is 0 Å². The highest BCUT2D eigenvalue weighted by molar-refractivity contribution is 5.35. The number of benzene rings is 1. The zero-order chi connectivity index (χ0) is 7.72. The molecule has 1 aromatic carbocycles. The molecule has 0 saturated carbocycles. The van der Waals surface area contributed by atoms with E-state index in [-0.39, 0.29) is 0 Å². The minimum Gasteiger partial charge on any atom is -0.298 e. The second kappa shape index (κ2) is 2.21. The normalized spacial score (nSPS) is 9.90. The van der Waals surface area contributed by atoms with Gasteiger partial charge in [-0.3, -0.25) is 5.73 Å². The quantitative estimate of drug-likeness (QED) is 0.500. The molecular formula is C6H3F3N. The molecule has 0 saturated heterocycles. The molecule has 1 N–H and O–H groups in total. The average Bonchev–Trinajstić information content (AvgIpc) is 1.84. The van der Waals surface area contributed by atoms with Gasteiger partial charge in [0.05, 0.1) is 5.69 Å². The summed E-state index contributed by atoms with van der Waals surface area (Å²) in [5, 5.41) is 0. The summed E-state index contributed by atoms with van der Waals surface area (Å²) in [6, 6.07) is 0.836. The third-order valence-electron chi connectivity index (χ3n) is 1.01. The molecule has 0 heterocycles. The lowest BCUT2D eigenvalue weighted by atomic mass is 10.3. The summed E-state index contributed by atoms with van der Waals surface area (Å²) in [5.74, 6) is -3.53. The van der Waals surface area contributed by atoms with Gasteiger partial charge in [-0.2, -0.15) is 0 Å². The fourth-order valence-corrected chi connectivity index (χ4v) is 0.523. The average molecular weight is 146 g/mol. The van der Waals surface area contributed by atoms with Crippen LogP contribution in [0.5, 0.6) is 0 Å². The molecular weight excluding hydrogens is 143 g/mol. The molecule has 0 spiro atoms. The fourth-order valence-electron chi connectivity index (χ4n) is 0.523. The number of hydrogen-bond donors (Lipinski definition) is 0. The van der Waals surface area contributed by atoms with Crippen LogP contribution < -0.4 is 5.73 Å². The first-order valence-electron chi connectivity index (χ1n) is 2.47. The minimum atomic E-state index is -1.27. The van der Waals surface area contributed by atoms with Crippen molar-refractivity contribution in [3.8, 4) is 0 Å². The number of halogens is 3. The van der Waals surface area contributed by atoms with Crippen molar-refractivity contribution >= 4 is 5.69 Å². The Bertz CT molecular complexity index is 209. The van der Waals surface area contributed by atoms with Gasteiger partial charge >= 0.3 is 0 Å². The molecule has 53 valence electrons. The predicted molar refractivity (Wildman–Crippen MR) is 29.1 cm³/mol. The SMILES string of the molecule is [NH]c1cc(F)c(F)cc1F. The summed E-state index contributed by atoms with van der Waals surface area (Å²) in [7, 11) is 0. The Balaban J connectivity index is 3.28. The Morgan fingerprint density at radius 2 is 1.40 bits per heavy atom. The van der Waals surface area contributed by atoms with Gasteiger partial charge in [-0.25, -0.2) is 13.2 Å². The molecule has 0 aliphatic rings. The predicted octanol–water partition coefficient (Wildman–Crippen LogP) is 2.02. The van der Waals surface area contributed by atoms with E-state index in [0.29, 0.717) is 12.1 Å². The lowest BCUT2D eigenvalue weighted by Crippen LogP contribution is -1.87. The zero-order valence-corrected chi connectivity index (χ0v) is 4.79. The molecule has 1 rings (SSSR count). The molecule has 4 heteroatoms. The van der Waals surface area contributed by atoms with E-state index in [4.69, 9.17) is 5.73 Å². The number of rotatable bonds is 0. The molecule has 0 bridgehead atoms. The van der Waals surface area contributed by atoms with Crippen LogP contribution >= 0.6 is 0 Å². The van der Waals surface area contributed by atoms with Crippen LogP contribution in [0.3, 0.4) is 0 Å². The highest BCUT2D eigenvalue weighted by Gasteiger charge is 2.06. The smallest absolute Gasteiger partial charge is 0.161 e. The van der Waals surface area contributed by atoms with Crippen LogP contribution in [0, 0.1) is 17.5 Å². The van der Waals surface area contributed by atoms with Crippen molar-refractivity contribution in [2.45, 2.75) is 0 Å². The van der Waals surface area contributed by atoms with E-state index in [0.717, 1.165) is 0 Å². The van der Waals surface area contributed by atoms with Crippen LogP contribution in [0.2, 0.25) is 0 Å². The Kier molecular flexibility index (Phi) is 1.53. The van der Waals surface area contributed by atoms with Crippen molar-refractivity contribution in [1.82, 2.24) is 5.73 Å². The Labute approximate surface area is 55.3 Å².